The zero-order chi connectivity index (χ0) is 16.9. The summed E-state index contributed by atoms with van der Waals surface area (Å²) >= 11 is 0. The largest absolute Gasteiger partial charge is 0.484 e. The molecule has 2 aromatic carbocycles. The third-order valence-corrected chi connectivity index (χ3v) is 4.03. The van der Waals surface area contributed by atoms with E-state index in [1.807, 2.05) is 49.4 Å². The summed E-state index contributed by atoms with van der Waals surface area (Å²) < 4.78 is 5.54. The summed E-state index contributed by atoms with van der Waals surface area (Å²) in [6, 6.07) is 16.3. The van der Waals surface area contributed by atoms with Crippen molar-refractivity contribution in [3.05, 3.63) is 65.7 Å². The second-order valence-electron chi connectivity index (χ2n) is 5.79. The number of hydrogen-bond donors (Lipinski definition) is 1. The van der Waals surface area contributed by atoms with Gasteiger partial charge >= 0.3 is 0 Å². The van der Waals surface area contributed by atoms with Crippen LogP contribution in [0.25, 0.3) is 0 Å². The number of hydrogen-bond acceptors (Lipinski definition) is 3. The molecule has 0 bridgehead atoms. The van der Waals surface area contributed by atoms with Crippen molar-refractivity contribution in [2.45, 2.75) is 13.0 Å². The molecule has 0 spiro atoms. The number of carbonyl (C=O) groups excluding carboxylic acids is 2. The number of rotatable bonds is 4. The summed E-state index contributed by atoms with van der Waals surface area (Å²) in [6.45, 7) is 2.83. The van der Waals surface area contributed by atoms with Gasteiger partial charge in [-0.2, -0.15) is 0 Å². The highest BCUT2D eigenvalue weighted by atomic mass is 16.5. The molecular formula is C19H20N2O3. The SMILES string of the molecule is Cc1ccc(C2C(=O)NCCN2C(=O)COc2ccccc2)cc1. The molecule has 1 heterocycles. The van der Waals surface area contributed by atoms with Crippen LogP contribution in [-0.2, 0) is 9.59 Å². The molecule has 0 aliphatic carbocycles. The fourth-order valence-electron chi connectivity index (χ4n) is 2.76. The summed E-state index contributed by atoms with van der Waals surface area (Å²) in [7, 11) is 0. The third kappa shape index (κ3) is 3.56. The molecule has 0 aromatic heterocycles. The molecule has 2 amide bonds. The van der Waals surface area contributed by atoms with Crippen LogP contribution in [-0.4, -0.2) is 36.4 Å². The van der Waals surface area contributed by atoms with E-state index in [1.165, 1.54) is 0 Å². The third-order valence-electron chi connectivity index (χ3n) is 4.03. The summed E-state index contributed by atoms with van der Waals surface area (Å²) in [5.41, 5.74) is 1.92. The molecule has 1 unspecified atom stereocenters. The van der Waals surface area contributed by atoms with Gasteiger partial charge in [0.15, 0.2) is 6.61 Å². The standard InChI is InChI=1S/C19H20N2O3/c1-14-7-9-15(10-8-14)18-19(23)20-11-12-21(18)17(22)13-24-16-5-3-2-4-6-16/h2-10,18H,11-13H2,1H3,(H,20,23). The van der Waals surface area contributed by atoms with Gasteiger partial charge in [-0.15, -0.1) is 0 Å². The average molecular weight is 324 g/mol. The van der Waals surface area contributed by atoms with E-state index in [1.54, 1.807) is 17.0 Å². The first-order valence-electron chi connectivity index (χ1n) is 7.97. The van der Waals surface area contributed by atoms with Crippen LogP contribution in [0.5, 0.6) is 5.75 Å². The van der Waals surface area contributed by atoms with Crippen molar-refractivity contribution >= 4 is 11.8 Å². The molecule has 1 atom stereocenters. The van der Waals surface area contributed by atoms with Crippen LogP contribution in [0.4, 0.5) is 0 Å². The van der Waals surface area contributed by atoms with Crippen molar-refractivity contribution in [2.75, 3.05) is 19.7 Å². The topological polar surface area (TPSA) is 58.6 Å². The van der Waals surface area contributed by atoms with Crippen molar-refractivity contribution in [2.24, 2.45) is 0 Å². The lowest BCUT2D eigenvalue weighted by Gasteiger charge is -2.35. The Morgan fingerprint density at radius 1 is 1.17 bits per heavy atom. The Hall–Kier alpha value is -2.82. The van der Waals surface area contributed by atoms with Gasteiger partial charge in [-0.25, -0.2) is 0 Å². The van der Waals surface area contributed by atoms with E-state index in [0.717, 1.165) is 11.1 Å². The first-order chi connectivity index (χ1) is 11.6. The van der Waals surface area contributed by atoms with Gasteiger partial charge in [0.2, 0.25) is 5.91 Å². The molecule has 1 aliphatic heterocycles. The number of para-hydroxylation sites is 1. The lowest BCUT2D eigenvalue weighted by Crippen LogP contribution is -2.53. The van der Waals surface area contributed by atoms with E-state index in [-0.39, 0.29) is 18.4 Å². The molecule has 1 saturated heterocycles. The minimum Gasteiger partial charge on any atom is -0.484 e. The summed E-state index contributed by atoms with van der Waals surface area (Å²) in [6.07, 6.45) is 0. The molecule has 124 valence electrons. The number of aryl methyl sites for hydroxylation is 1. The smallest absolute Gasteiger partial charge is 0.261 e. The Morgan fingerprint density at radius 2 is 1.88 bits per heavy atom. The van der Waals surface area contributed by atoms with Crippen molar-refractivity contribution in [1.29, 1.82) is 0 Å². The molecule has 1 N–H and O–H groups in total. The van der Waals surface area contributed by atoms with E-state index in [9.17, 15) is 9.59 Å². The number of amides is 2. The van der Waals surface area contributed by atoms with Crippen LogP contribution >= 0.6 is 0 Å². The Labute approximate surface area is 141 Å². The maximum atomic E-state index is 12.6. The number of piperazine rings is 1. The Kier molecular flexibility index (Phi) is 4.79. The fourth-order valence-corrected chi connectivity index (χ4v) is 2.76. The average Bonchev–Trinajstić information content (AvgIpc) is 2.61. The van der Waals surface area contributed by atoms with E-state index in [4.69, 9.17) is 4.74 Å². The molecule has 1 fully saturated rings. The van der Waals surface area contributed by atoms with E-state index >= 15 is 0 Å². The predicted octanol–water partition coefficient (Wildman–Crippen LogP) is 2.07. The number of carbonyl (C=O) groups is 2. The van der Waals surface area contributed by atoms with Crippen LogP contribution in [0.2, 0.25) is 0 Å². The van der Waals surface area contributed by atoms with Gasteiger partial charge < -0.3 is 15.0 Å². The Bertz CT molecular complexity index is 713. The summed E-state index contributed by atoms with van der Waals surface area (Å²) in [4.78, 5) is 26.5. The minimum atomic E-state index is -0.605. The number of nitrogens with zero attached hydrogens (tertiary/aromatic N) is 1. The normalized spacial score (nSPS) is 17.3. The molecule has 5 nitrogen and oxygen atoms in total. The zero-order valence-electron chi connectivity index (χ0n) is 13.6. The second kappa shape index (κ2) is 7.17. The molecule has 0 saturated carbocycles. The Morgan fingerprint density at radius 3 is 2.58 bits per heavy atom. The van der Waals surface area contributed by atoms with E-state index in [0.29, 0.717) is 18.8 Å². The lowest BCUT2D eigenvalue weighted by molar-refractivity contribution is -0.145. The molecule has 5 heteroatoms. The first kappa shape index (κ1) is 16.1. The van der Waals surface area contributed by atoms with Crippen LogP contribution in [0.3, 0.4) is 0 Å². The van der Waals surface area contributed by atoms with Crippen LogP contribution < -0.4 is 10.1 Å². The predicted molar refractivity (Wildman–Crippen MR) is 90.6 cm³/mol. The van der Waals surface area contributed by atoms with Gasteiger partial charge in [-0.3, -0.25) is 9.59 Å². The monoisotopic (exact) mass is 324 g/mol. The van der Waals surface area contributed by atoms with Gasteiger partial charge in [0, 0.05) is 13.1 Å². The second-order valence-corrected chi connectivity index (χ2v) is 5.79. The van der Waals surface area contributed by atoms with Gasteiger partial charge in [0.25, 0.3) is 5.91 Å². The zero-order valence-corrected chi connectivity index (χ0v) is 13.6. The van der Waals surface area contributed by atoms with Crippen molar-refractivity contribution in [3.63, 3.8) is 0 Å². The quantitative estimate of drug-likeness (QED) is 0.937. The molecule has 3 rings (SSSR count). The maximum Gasteiger partial charge on any atom is 0.261 e. The van der Waals surface area contributed by atoms with Crippen LogP contribution in [0.15, 0.2) is 54.6 Å². The van der Waals surface area contributed by atoms with Gasteiger partial charge in [-0.1, -0.05) is 48.0 Å². The summed E-state index contributed by atoms with van der Waals surface area (Å²) in [5.74, 6) is 0.289. The molecule has 24 heavy (non-hydrogen) atoms. The highest BCUT2D eigenvalue weighted by Gasteiger charge is 2.34. The van der Waals surface area contributed by atoms with Crippen molar-refractivity contribution < 1.29 is 14.3 Å². The van der Waals surface area contributed by atoms with Gasteiger partial charge in [-0.05, 0) is 24.6 Å². The lowest BCUT2D eigenvalue weighted by atomic mass is 10.0. The Balaban J connectivity index is 1.74. The highest BCUT2D eigenvalue weighted by molar-refractivity contribution is 5.90. The van der Waals surface area contributed by atoms with E-state index in [2.05, 4.69) is 5.32 Å². The van der Waals surface area contributed by atoms with Gasteiger partial charge in [0.1, 0.15) is 11.8 Å². The molecular weight excluding hydrogens is 304 g/mol. The number of benzene rings is 2. The highest BCUT2D eigenvalue weighted by Crippen LogP contribution is 2.24. The number of ether oxygens (including phenoxy) is 1. The maximum absolute atomic E-state index is 12.6. The minimum absolute atomic E-state index is 0.0837. The van der Waals surface area contributed by atoms with Gasteiger partial charge in [0.05, 0.1) is 0 Å². The van der Waals surface area contributed by atoms with Crippen molar-refractivity contribution in [1.82, 2.24) is 10.2 Å². The van der Waals surface area contributed by atoms with Crippen LogP contribution in [0, 0.1) is 6.92 Å². The molecule has 2 aromatic rings. The molecule has 0 radical (unpaired) electrons. The summed E-state index contributed by atoms with van der Waals surface area (Å²) in [5, 5.41) is 2.83. The fraction of sp³-hybridized carbons (Fsp3) is 0.263. The van der Waals surface area contributed by atoms with Crippen LogP contribution in [0.1, 0.15) is 17.2 Å². The van der Waals surface area contributed by atoms with Crippen molar-refractivity contribution in [3.8, 4) is 5.75 Å². The first-order valence-corrected chi connectivity index (χ1v) is 7.97. The number of nitrogens with one attached hydrogen (secondary N) is 1. The molecule has 1 aliphatic rings. The van der Waals surface area contributed by atoms with E-state index < -0.39 is 6.04 Å².